The first-order valence-corrected chi connectivity index (χ1v) is 6.60. The minimum Gasteiger partial charge on any atom is -0.468 e. The Labute approximate surface area is 103 Å². The van der Waals surface area contributed by atoms with Gasteiger partial charge >= 0.3 is 5.97 Å². The van der Waals surface area contributed by atoms with Gasteiger partial charge in [0.25, 0.3) is 0 Å². The van der Waals surface area contributed by atoms with Gasteiger partial charge < -0.3 is 4.74 Å². The van der Waals surface area contributed by atoms with E-state index in [9.17, 15) is 22.0 Å². The van der Waals surface area contributed by atoms with E-state index >= 15 is 0 Å². The van der Waals surface area contributed by atoms with Crippen molar-refractivity contribution in [3.05, 3.63) is 29.8 Å². The van der Waals surface area contributed by atoms with Gasteiger partial charge in [-0.15, -0.1) is 0 Å². The quantitative estimate of drug-likeness (QED) is 0.768. The summed E-state index contributed by atoms with van der Waals surface area (Å²) in [5, 5.41) is 0. The highest BCUT2D eigenvalue weighted by Gasteiger charge is 2.24. The second kappa shape index (κ2) is 5.30. The Morgan fingerprint density at radius 2 is 2.00 bits per heavy atom. The molecule has 0 N–H and O–H groups in total. The molecule has 0 unspecified atom stereocenters. The molecule has 0 amide bonds. The number of carbonyl (C=O) groups is 1. The Morgan fingerprint density at radius 3 is 2.44 bits per heavy atom. The Balaban J connectivity index is 3.22. The summed E-state index contributed by atoms with van der Waals surface area (Å²) < 4.78 is 54.0. The van der Waals surface area contributed by atoms with Crippen LogP contribution in [-0.4, -0.2) is 34.3 Å². The standard InChI is InChI=1S/C10H11F2NO4S/c1-17-10(14)6-13(18(2,15)16)9-4-3-7(11)5-8(9)12/h3-5H,6H2,1-2H3. The summed E-state index contributed by atoms with van der Waals surface area (Å²) in [6.45, 7) is -0.683. The number of methoxy groups -OCH3 is 1. The molecule has 18 heavy (non-hydrogen) atoms. The van der Waals surface area contributed by atoms with Crippen LogP contribution in [0.15, 0.2) is 18.2 Å². The van der Waals surface area contributed by atoms with Crippen LogP contribution in [0.4, 0.5) is 14.5 Å². The van der Waals surface area contributed by atoms with Crippen LogP contribution in [0.2, 0.25) is 0 Å². The van der Waals surface area contributed by atoms with Crippen LogP contribution >= 0.6 is 0 Å². The largest absolute Gasteiger partial charge is 0.468 e. The fourth-order valence-electron chi connectivity index (χ4n) is 1.25. The molecule has 0 aromatic heterocycles. The molecule has 0 aliphatic rings. The molecule has 0 aliphatic heterocycles. The van der Waals surface area contributed by atoms with Crippen molar-refractivity contribution in [2.75, 3.05) is 24.2 Å². The minimum absolute atomic E-state index is 0.413. The highest BCUT2D eigenvalue weighted by molar-refractivity contribution is 7.92. The predicted octanol–water partition coefficient (Wildman–Crippen LogP) is 0.904. The van der Waals surface area contributed by atoms with Crippen LogP contribution in [0.3, 0.4) is 0 Å². The zero-order valence-electron chi connectivity index (χ0n) is 9.68. The molecule has 0 saturated heterocycles. The monoisotopic (exact) mass is 279 g/mol. The second-order valence-corrected chi connectivity index (χ2v) is 5.35. The summed E-state index contributed by atoms with van der Waals surface area (Å²) in [5.74, 6) is -2.78. The minimum atomic E-state index is -3.89. The molecule has 1 aromatic rings. The number of halogens is 2. The van der Waals surface area contributed by atoms with Gasteiger partial charge in [0.15, 0.2) is 0 Å². The van der Waals surface area contributed by atoms with Crippen molar-refractivity contribution < 1.29 is 26.7 Å². The summed E-state index contributed by atoms with van der Waals surface area (Å²) in [5.41, 5.74) is -0.413. The van der Waals surface area contributed by atoms with Gasteiger partial charge in [-0.1, -0.05) is 0 Å². The van der Waals surface area contributed by atoms with Gasteiger partial charge in [-0.2, -0.15) is 0 Å². The van der Waals surface area contributed by atoms with E-state index in [1.165, 1.54) is 0 Å². The maximum atomic E-state index is 13.5. The van der Waals surface area contributed by atoms with Crippen molar-refractivity contribution >= 4 is 21.7 Å². The van der Waals surface area contributed by atoms with Gasteiger partial charge in [0.1, 0.15) is 18.2 Å². The molecule has 0 aliphatic carbocycles. The number of ether oxygens (including phenoxy) is 1. The number of nitrogens with zero attached hydrogens (tertiary/aromatic N) is 1. The fraction of sp³-hybridized carbons (Fsp3) is 0.300. The Hall–Kier alpha value is -1.70. The molecule has 5 nitrogen and oxygen atoms in total. The first-order chi connectivity index (χ1) is 8.25. The van der Waals surface area contributed by atoms with Gasteiger partial charge in [0.2, 0.25) is 10.0 Å². The third kappa shape index (κ3) is 3.39. The molecule has 0 fully saturated rings. The van der Waals surface area contributed by atoms with E-state index in [2.05, 4.69) is 4.74 Å². The summed E-state index contributed by atoms with van der Waals surface area (Å²) in [6.07, 6.45) is 0.804. The number of benzene rings is 1. The van der Waals surface area contributed by atoms with Crippen molar-refractivity contribution in [3.8, 4) is 0 Å². The maximum Gasteiger partial charge on any atom is 0.326 e. The van der Waals surface area contributed by atoms with E-state index in [0.717, 1.165) is 25.5 Å². The lowest BCUT2D eigenvalue weighted by Crippen LogP contribution is -2.36. The van der Waals surface area contributed by atoms with Crippen molar-refractivity contribution in [3.63, 3.8) is 0 Å². The lowest BCUT2D eigenvalue weighted by atomic mass is 10.3. The molecule has 1 aromatic carbocycles. The van der Waals surface area contributed by atoms with Crippen molar-refractivity contribution in [1.29, 1.82) is 0 Å². The van der Waals surface area contributed by atoms with Gasteiger partial charge in [-0.3, -0.25) is 9.10 Å². The topological polar surface area (TPSA) is 63.7 Å². The molecule has 0 atom stereocenters. The lowest BCUT2D eigenvalue weighted by Gasteiger charge is -2.21. The van der Waals surface area contributed by atoms with Gasteiger partial charge in [0.05, 0.1) is 19.1 Å². The zero-order chi connectivity index (χ0) is 13.9. The van der Waals surface area contributed by atoms with Crippen LogP contribution in [0.25, 0.3) is 0 Å². The average Bonchev–Trinajstić information content (AvgIpc) is 2.25. The van der Waals surface area contributed by atoms with Crippen LogP contribution in [0.1, 0.15) is 0 Å². The molecule has 0 bridgehead atoms. The smallest absolute Gasteiger partial charge is 0.326 e. The number of hydrogen-bond donors (Lipinski definition) is 0. The second-order valence-electron chi connectivity index (χ2n) is 3.44. The molecule has 8 heteroatoms. The maximum absolute atomic E-state index is 13.5. The van der Waals surface area contributed by atoms with Crippen LogP contribution in [0.5, 0.6) is 0 Å². The number of hydrogen-bond acceptors (Lipinski definition) is 4. The number of rotatable bonds is 4. The average molecular weight is 279 g/mol. The third-order valence-electron chi connectivity index (χ3n) is 2.08. The number of carbonyl (C=O) groups excluding carboxylic acids is 1. The van der Waals surface area contributed by atoms with E-state index in [1.807, 2.05) is 0 Å². The van der Waals surface area contributed by atoms with Crippen molar-refractivity contribution in [2.24, 2.45) is 0 Å². The molecular weight excluding hydrogens is 268 g/mol. The van der Waals surface area contributed by atoms with Gasteiger partial charge in [-0.05, 0) is 12.1 Å². The number of anilines is 1. The lowest BCUT2D eigenvalue weighted by molar-refractivity contribution is -0.138. The molecule has 100 valence electrons. The molecule has 1 rings (SSSR count). The molecule has 0 heterocycles. The van der Waals surface area contributed by atoms with E-state index < -0.39 is 39.9 Å². The highest BCUT2D eigenvalue weighted by Crippen LogP contribution is 2.22. The fourth-order valence-corrected chi connectivity index (χ4v) is 2.09. The molecule has 0 radical (unpaired) electrons. The van der Waals surface area contributed by atoms with Crippen LogP contribution in [-0.2, 0) is 19.6 Å². The summed E-state index contributed by atoms with van der Waals surface area (Å²) in [7, 11) is -2.82. The van der Waals surface area contributed by atoms with E-state index in [-0.39, 0.29) is 0 Å². The van der Waals surface area contributed by atoms with Crippen molar-refractivity contribution in [1.82, 2.24) is 0 Å². The van der Waals surface area contributed by atoms with Crippen molar-refractivity contribution in [2.45, 2.75) is 0 Å². The SMILES string of the molecule is COC(=O)CN(c1ccc(F)cc1F)S(C)(=O)=O. The van der Waals surface area contributed by atoms with E-state index in [1.54, 1.807) is 0 Å². The van der Waals surface area contributed by atoms with Crippen LogP contribution in [0, 0.1) is 11.6 Å². The third-order valence-corrected chi connectivity index (χ3v) is 3.21. The predicted molar refractivity (Wildman–Crippen MR) is 60.6 cm³/mol. The van der Waals surface area contributed by atoms with Crippen LogP contribution < -0.4 is 4.31 Å². The zero-order valence-corrected chi connectivity index (χ0v) is 10.5. The van der Waals surface area contributed by atoms with Gasteiger partial charge in [-0.25, -0.2) is 17.2 Å². The Morgan fingerprint density at radius 1 is 1.39 bits per heavy atom. The number of sulfonamides is 1. The highest BCUT2D eigenvalue weighted by atomic mass is 32.2. The first-order valence-electron chi connectivity index (χ1n) is 4.75. The first kappa shape index (κ1) is 14.4. The molecule has 0 saturated carbocycles. The Bertz CT molecular complexity index is 559. The molecular formula is C10H11F2NO4S. The number of esters is 1. The summed E-state index contributed by atoms with van der Waals surface area (Å²) in [6, 6.07) is 2.37. The Kier molecular flexibility index (Phi) is 4.23. The summed E-state index contributed by atoms with van der Waals surface area (Å²) in [4.78, 5) is 11.1. The van der Waals surface area contributed by atoms with Gasteiger partial charge in [0, 0.05) is 6.07 Å². The molecule has 0 spiro atoms. The van der Waals surface area contributed by atoms with E-state index in [0.29, 0.717) is 10.4 Å². The summed E-state index contributed by atoms with van der Waals surface area (Å²) >= 11 is 0. The van der Waals surface area contributed by atoms with E-state index in [4.69, 9.17) is 0 Å². The normalized spacial score (nSPS) is 11.1.